The van der Waals surface area contributed by atoms with Crippen molar-refractivity contribution in [3.63, 3.8) is 0 Å². The lowest BCUT2D eigenvalue weighted by molar-refractivity contribution is -0.204. The molecule has 402 valence electrons. The number of carbonyl (C=O) groups excluding carboxylic acids is 5. The van der Waals surface area contributed by atoms with Crippen LogP contribution in [0.3, 0.4) is 0 Å². The molecule has 1 spiro atoms. The number of nitrogens with zero attached hydrogens (tertiary/aromatic N) is 4. The van der Waals surface area contributed by atoms with Gasteiger partial charge in [-0.05, 0) is 92.8 Å². The number of benzene rings is 3. The number of anilines is 1. The largest absolute Gasteiger partial charge is 0.496 e. The van der Waals surface area contributed by atoms with Crippen LogP contribution in [0.25, 0.3) is 10.9 Å². The summed E-state index contributed by atoms with van der Waals surface area (Å²) < 4.78 is 17.7. The summed E-state index contributed by atoms with van der Waals surface area (Å²) in [6.07, 6.45) is 7.45. The number of likely N-dealkylation sites (tertiary alicyclic amines) is 1. The normalized spacial score (nSPS) is 31.4. The number of ether oxygens (including phenoxy) is 3. The Morgan fingerprint density at radius 2 is 1.72 bits per heavy atom. The van der Waals surface area contributed by atoms with E-state index in [9.17, 15) is 24.6 Å². The molecular formula is C58H70N8O10. The van der Waals surface area contributed by atoms with Crippen LogP contribution in [0, 0.1) is 11.3 Å². The average Bonchev–Trinajstić information content (AvgIpc) is 4.23. The van der Waals surface area contributed by atoms with Crippen molar-refractivity contribution in [1.82, 2.24) is 35.9 Å². The van der Waals surface area contributed by atoms with E-state index < -0.39 is 75.9 Å². The highest BCUT2D eigenvalue weighted by molar-refractivity contribution is 5.96. The third kappa shape index (κ3) is 7.87. The minimum atomic E-state index is -2.55. The minimum Gasteiger partial charge on any atom is -0.496 e. The molecule has 1 aliphatic carbocycles. The molecule has 0 radical (unpaired) electrons. The van der Waals surface area contributed by atoms with E-state index in [2.05, 4.69) is 56.1 Å². The van der Waals surface area contributed by atoms with Crippen molar-refractivity contribution in [1.29, 1.82) is 0 Å². The fourth-order valence-corrected chi connectivity index (χ4v) is 15.3. The molecule has 10 atom stereocenters. The van der Waals surface area contributed by atoms with Crippen molar-refractivity contribution in [2.24, 2.45) is 11.3 Å². The Kier molecular flexibility index (Phi) is 13.4. The molecule has 1 aromatic heterocycles. The van der Waals surface area contributed by atoms with Crippen LogP contribution in [0.5, 0.6) is 5.75 Å². The van der Waals surface area contributed by atoms with Crippen LogP contribution in [0.1, 0.15) is 80.3 Å². The monoisotopic (exact) mass is 1040 g/mol. The molecule has 11 rings (SSSR count). The lowest BCUT2D eigenvalue weighted by Crippen LogP contribution is -2.82. The number of likely N-dealkylation sites (N-methyl/N-ethyl adjacent to an activating group) is 1. The summed E-state index contributed by atoms with van der Waals surface area (Å²) in [5.74, 6) is -2.33. The summed E-state index contributed by atoms with van der Waals surface area (Å²) in [7, 11) is 4.85. The molecule has 18 heteroatoms. The quantitative estimate of drug-likeness (QED) is 0.0708. The second-order valence-electron chi connectivity index (χ2n) is 22.1. The molecule has 76 heavy (non-hydrogen) atoms. The van der Waals surface area contributed by atoms with Crippen LogP contribution in [0.2, 0.25) is 0 Å². The van der Waals surface area contributed by atoms with Gasteiger partial charge in [0, 0.05) is 84.0 Å². The Hall–Kier alpha value is -6.57. The maximum Gasteiger partial charge on any atom is 0.414 e. The summed E-state index contributed by atoms with van der Waals surface area (Å²) >= 11 is 0. The van der Waals surface area contributed by atoms with Crippen molar-refractivity contribution < 1.29 is 48.4 Å². The average molecular weight is 1040 g/mol. The van der Waals surface area contributed by atoms with Gasteiger partial charge < -0.3 is 34.3 Å². The highest BCUT2D eigenvalue weighted by Crippen LogP contribution is 2.67. The third-order valence-electron chi connectivity index (χ3n) is 18.4. The van der Waals surface area contributed by atoms with Crippen molar-refractivity contribution >= 4 is 46.4 Å². The van der Waals surface area contributed by atoms with E-state index in [4.69, 9.17) is 14.2 Å². The fraction of sp³-hybridized carbons (Fsp3) is 0.500. The number of H-pyrrole nitrogens is 1. The molecule has 2 unspecified atom stereocenters. The highest BCUT2D eigenvalue weighted by Gasteiger charge is 2.79. The lowest BCUT2D eigenvalue weighted by Gasteiger charge is -2.63. The number of hydrogen-bond donors (Lipinski definition) is 6. The van der Waals surface area contributed by atoms with Crippen LogP contribution in [-0.2, 0) is 52.5 Å². The Morgan fingerprint density at radius 1 is 0.934 bits per heavy atom. The number of aromatic nitrogens is 1. The van der Waals surface area contributed by atoms with Crippen LogP contribution in [0.4, 0.5) is 10.5 Å². The molecule has 7 aliphatic rings. The zero-order valence-electron chi connectivity index (χ0n) is 44.0. The zero-order valence-corrected chi connectivity index (χ0v) is 44.0. The summed E-state index contributed by atoms with van der Waals surface area (Å²) in [5.41, 5.74) is 5.83. The first kappa shape index (κ1) is 51.5. The zero-order chi connectivity index (χ0) is 53.3. The number of carbonyl (C=O) groups is 5. The molecule has 2 saturated heterocycles. The lowest BCUT2D eigenvalue weighted by atomic mass is 9.47. The van der Waals surface area contributed by atoms with E-state index in [0.29, 0.717) is 75.2 Å². The van der Waals surface area contributed by atoms with Gasteiger partial charge in [-0.3, -0.25) is 50.0 Å². The van der Waals surface area contributed by atoms with Crippen LogP contribution in [0.15, 0.2) is 90.5 Å². The SMILES string of the molecule is CCC1=C[C@@H]2CN(CCc3c([nH]c4ccccc34)[C@@](C(=O)OC)(c3cc4c(cc3OC)N(C)C3[C@]45CCN4CC=C[C@@](CC)([C@@H](O)[C@]3(O)C(=O)NNC(=O)[C@@H]3CCCN3CC(=O)NC(=O)OCc3ccccc3)[C@H]45)C2)C1. The van der Waals surface area contributed by atoms with Gasteiger partial charge in [-0.1, -0.05) is 86.2 Å². The molecule has 4 amide bonds. The molecule has 6 aliphatic heterocycles. The minimum absolute atomic E-state index is 0.0248. The summed E-state index contributed by atoms with van der Waals surface area (Å²) in [4.78, 5) is 82.6. The highest BCUT2D eigenvalue weighted by atomic mass is 16.5. The number of alkyl carbamates (subject to hydrolysis) is 1. The second-order valence-corrected chi connectivity index (χ2v) is 22.1. The van der Waals surface area contributed by atoms with Gasteiger partial charge in [0.2, 0.25) is 5.91 Å². The Morgan fingerprint density at radius 3 is 2.49 bits per heavy atom. The van der Waals surface area contributed by atoms with E-state index in [-0.39, 0.29) is 19.1 Å². The van der Waals surface area contributed by atoms with Crippen molar-refractivity contribution in [3.8, 4) is 5.75 Å². The van der Waals surface area contributed by atoms with Crippen molar-refractivity contribution in [3.05, 3.63) is 118 Å². The van der Waals surface area contributed by atoms with Gasteiger partial charge in [-0.15, -0.1) is 0 Å². The number of fused-ring (bicyclic) bond motifs is 6. The topological polar surface area (TPSA) is 218 Å². The van der Waals surface area contributed by atoms with Gasteiger partial charge in [0.05, 0.1) is 32.8 Å². The number of aromatic amines is 1. The fourth-order valence-electron chi connectivity index (χ4n) is 15.3. The summed E-state index contributed by atoms with van der Waals surface area (Å²) in [6, 6.07) is 18.9. The number of amides is 4. The summed E-state index contributed by atoms with van der Waals surface area (Å²) in [5, 5.41) is 29.9. The molecule has 3 fully saturated rings. The van der Waals surface area contributed by atoms with E-state index >= 15 is 9.59 Å². The van der Waals surface area contributed by atoms with E-state index in [1.165, 1.54) is 12.7 Å². The number of esters is 1. The first-order valence-electron chi connectivity index (χ1n) is 26.9. The molecule has 18 nitrogen and oxygen atoms in total. The van der Waals surface area contributed by atoms with Gasteiger partial charge in [-0.25, -0.2) is 4.79 Å². The van der Waals surface area contributed by atoms with Gasteiger partial charge in [-0.2, -0.15) is 0 Å². The van der Waals surface area contributed by atoms with E-state index in [1.54, 1.807) is 24.1 Å². The molecule has 1 saturated carbocycles. The van der Waals surface area contributed by atoms with Crippen LogP contribution >= 0.6 is 0 Å². The number of hydrogen-bond acceptors (Lipinski definition) is 14. The predicted molar refractivity (Wildman–Crippen MR) is 283 cm³/mol. The number of imide groups is 1. The number of nitrogens with one attached hydrogen (secondary N) is 4. The van der Waals surface area contributed by atoms with Crippen molar-refractivity contribution in [2.75, 3.05) is 72.0 Å². The van der Waals surface area contributed by atoms with E-state index in [0.717, 1.165) is 59.3 Å². The first-order chi connectivity index (χ1) is 36.7. The van der Waals surface area contributed by atoms with Gasteiger partial charge in [0.1, 0.15) is 23.9 Å². The molecule has 2 bridgehead atoms. The van der Waals surface area contributed by atoms with Gasteiger partial charge in [0.15, 0.2) is 5.60 Å². The Bertz CT molecular complexity index is 3030. The van der Waals surface area contributed by atoms with Gasteiger partial charge >= 0.3 is 12.1 Å². The van der Waals surface area contributed by atoms with Gasteiger partial charge in [0.25, 0.3) is 11.8 Å². The molecule has 3 aromatic carbocycles. The Balaban J connectivity index is 0.967. The first-order valence-corrected chi connectivity index (χ1v) is 26.9. The smallest absolute Gasteiger partial charge is 0.414 e. The number of aliphatic hydroxyl groups is 2. The molecular weight excluding hydrogens is 969 g/mol. The van der Waals surface area contributed by atoms with Crippen LogP contribution < -0.4 is 25.8 Å². The van der Waals surface area contributed by atoms with E-state index in [1.807, 2.05) is 73.5 Å². The standard InChI is InChI=1S/C58H70N8O10/c1-6-35-27-37-30-57(53(71)75-5,47-39(20-25-64(31-35)32-37)38-17-11-12-18-42(38)59-47)41-28-40-44(29-45(41)74-4)63(3)50-56(40)22-26-65-24-14-21-55(7-2,49(56)65)51(69)58(50,73)52(70)62-61-48(68)43-19-13-23-66(43)33-46(67)60-54(72)76-34-36-15-9-8-10-16-36/h8-12,14-18,21,27-29,37,43,49-51,59,69,73H,6-7,13,19-20,22-26,30-34H2,1-5H3,(H,61,68)(H,62,70)(H,60,67,72)/t37-,43-,49-,50?,51+,55+,56+,57-,58-/m0/s1. The number of methoxy groups -OCH3 is 2. The second kappa shape index (κ2) is 19.8. The number of aliphatic hydroxyl groups excluding tert-OH is 1. The maximum atomic E-state index is 15.5. The number of rotatable bonds is 11. The predicted octanol–water partition coefficient (Wildman–Crippen LogP) is 4.12. The van der Waals surface area contributed by atoms with Crippen molar-refractivity contribution in [2.45, 2.75) is 106 Å². The Labute approximate surface area is 442 Å². The maximum absolute atomic E-state index is 15.5. The molecule has 6 N–H and O–H groups in total. The molecule has 7 heterocycles. The molecule has 4 aromatic rings. The van der Waals surface area contributed by atoms with Crippen LogP contribution in [-0.4, -0.2) is 157 Å². The number of hydrazine groups is 1. The third-order valence-corrected chi connectivity index (χ3v) is 18.4. The number of para-hydroxylation sites is 1. The summed E-state index contributed by atoms with van der Waals surface area (Å²) in [6.45, 7) is 7.80.